The summed E-state index contributed by atoms with van der Waals surface area (Å²) in [5.41, 5.74) is 4.04. The van der Waals surface area contributed by atoms with Crippen LogP contribution in [0.4, 0.5) is 0 Å². The molecular formula is C24H24N2O3S. The van der Waals surface area contributed by atoms with Crippen LogP contribution in [0.15, 0.2) is 60.0 Å². The number of hydrogen-bond donors (Lipinski definition) is 0. The predicted octanol–water partition coefficient (Wildman–Crippen LogP) is 4.77. The Labute approximate surface area is 180 Å². The van der Waals surface area contributed by atoms with Crippen LogP contribution >= 0.6 is 11.3 Å². The number of amides is 1. The zero-order valence-corrected chi connectivity index (χ0v) is 17.9. The van der Waals surface area contributed by atoms with E-state index >= 15 is 0 Å². The first-order valence-corrected chi connectivity index (χ1v) is 10.9. The smallest absolute Gasteiger partial charge is 0.311 e. The van der Waals surface area contributed by atoms with Crippen molar-refractivity contribution in [2.45, 2.75) is 32.9 Å². The van der Waals surface area contributed by atoms with Crippen LogP contribution in [0.5, 0.6) is 0 Å². The van der Waals surface area contributed by atoms with Crippen LogP contribution in [0.1, 0.15) is 36.2 Å². The van der Waals surface area contributed by atoms with Gasteiger partial charge >= 0.3 is 5.97 Å². The molecule has 0 unspecified atom stereocenters. The molecule has 154 valence electrons. The Bertz CT molecular complexity index is 1030. The summed E-state index contributed by atoms with van der Waals surface area (Å²) in [5, 5.41) is 2.81. The molecule has 1 amide bonds. The summed E-state index contributed by atoms with van der Waals surface area (Å²) in [6.07, 6.45) is 0.196. The summed E-state index contributed by atoms with van der Waals surface area (Å²) in [6, 6.07) is 18.0. The molecule has 4 rings (SSSR count). The minimum atomic E-state index is -0.432. The van der Waals surface area contributed by atoms with Gasteiger partial charge in [-0.2, -0.15) is 0 Å². The summed E-state index contributed by atoms with van der Waals surface area (Å²) in [5.74, 6) is -0.779. The first kappa shape index (κ1) is 20.3. The van der Waals surface area contributed by atoms with Crippen molar-refractivity contribution in [3.05, 3.63) is 76.8 Å². The van der Waals surface area contributed by atoms with Gasteiger partial charge in [-0.1, -0.05) is 60.2 Å². The Morgan fingerprint density at radius 1 is 1.20 bits per heavy atom. The Balaban J connectivity index is 1.34. The van der Waals surface area contributed by atoms with Crippen LogP contribution in [-0.2, 0) is 20.9 Å². The maximum absolute atomic E-state index is 12.6. The molecule has 2 heterocycles. The van der Waals surface area contributed by atoms with Gasteiger partial charge in [0.1, 0.15) is 11.6 Å². The monoisotopic (exact) mass is 420 g/mol. The Kier molecular flexibility index (Phi) is 5.95. The molecule has 1 aliphatic heterocycles. The van der Waals surface area contributed by atoms with Crippen molar-refractivity contribution < 1.29 is 14.3 Å². The van der Waals surface area contributed by atoms with E-state index < -0.39 is 5.92 Å². The number of nitrogens with zero attached hydrogens (tertiary/aromatic N) is 2. The second kappa shape index (κ2) is 8.79. The number of rotatable bonds is 6. The maximum atomic E-state index is 12.6. The van der Waals surface area contributed by atoms with E-state index in [2.05, 4.69) is 17.1 Å². The standard InChI is InChI=1S/C24H24N2O3S/c1-16-8-10-19(11-9-16)23-25-21(15-30-23)14-29-24(28)20-12-22(27)26(13-20)17(2)18-6-4-3-5-7-18/h3-11,15,17,20H,12-14H2,1-2H3/t17-,20+/m1/s1. The van der Waals surface area contributed by atoms with Crippen molar-refractivity contribution in [2.75, 3.05) is 6.54 Å². The van der Waals surface area contributed by atoms with E-state index in [9.17, 15) is 9.59 Å². The van der Waals surface area contributed by atoms with Gasteiger partial charge in [-0.25, -0.2) is 4.98 Å². The fourth-order valence-electron chi connectivity index (χ4n) is 3.64. The highest BCUT2D eigenvalue weighted by molar-refractivity contribution is 7.13. The van der Waals surface area contributed by atoms with Crippen molar-refractivity contribution in [3.63, 3.8) is 0 Å². The van der Waals surface area contributed by atoms with E-state index in [1.807, 2.05) is 61.7 Å². The highest BCUT2D eigenvalue weighted by Gasteiger charge is 2.37. The van der Waals surface area contributed by atoms with E-state index in [1.54, 1.807) is 4.90 Å². The maximum Gasteiger partial charge on any atom is 0.311 e. The third-order valence-corrected chi connectivity index (χ3v) is 6.39. The second-order valence-electron chi connectivity index (χ2n) is 7.65. The second-order valence-corrected chi connectivity index (χ2v) is 8.51. The molecule has 1 aliphatic rings. The van der Waals surface area contributed by atoms with E-state index in [1.165, 1.54) is 16.9 Å². The first-order valence-electron chi connectivity index (χ1n) is 10.0. The molecular weight excluding hydrogens is 396 g/mol. The largest absolute Gasteiger partial charge is 0.459 e. The van der Waals surface area contributed by atoms with Gasteiger partial charge in [-0.3, -0.25) is 9.59 Å². The molecule has 3 aromatic rings. The lowest BCUT2D eigenvalue weighted by Gasteiger charge is -2.25. The van der Waals surface area contributed by atoms with Gasteiger partial charge in [0.2, 0.25) is 5.91 Å². The molecule has 1 aromatic heterocycles. The molecule has 2 aromatic carbocycles. The highest BCUT2D eigenvalue weighted by Crippen LogP contribution is 2.29. The van der Waals surface area contributed by atoms with Crippen molar-refractivity contribution >= 4 is 23.2 Å². The summed E-state index contributed by atoms with van der Waals surface area (Å²) in [6.45, 7) is 4.55. The predicted molar refractivity (Wildman–Crippen MR) is 117 cm³/mol. The number of aromatic nitrogens is 1. The Hall–Kier alpha value is -2.99. The quantitative estimate of drug-likeness (QED) is 0.539. The number of aryl methyl sites for hydroxylation is 1. The normalized spacial score (nSPS) is 17.2. The molecule has 0 saturated carbocycles. The summed E-state index contributed by atoms with van der Waals surface area (Å²) >= 11 is 1.53. The SMILES string of the molecule is Cc1ccc(-c2nc(COC(=O)[C@H]3CC(=O)N([C@H](C)c4ccccc4)C3)cs2)cc1. The molecule has 0 N–H and O–H groups in total. The minimum absolute atomic E-state index is 0.0105. The zero-order valence-electron chi connectivity index (χ0n) is 17.1. The van der Waals surface area contributed by atoms with E-state index in [4.69, 9.17) is 4.74 Å². The van der Waals surface area contributed by atoms with Crippen molar-refractivity contribution in [2.24, 2.45) is 5.92 Å². The molecule has 0 bridgehead atoms. The number of ether oxygens (including phenoxy) is 1. The molecule has 1 fully saturated rings. The fraction of sp³-hybridized carbons (Fsp3) is 0.292. The van der Waals surface area contributed by atoms with E-state index in [0.717, 1.165) is 21.8 Å². The van der Waals surface area contributed by atoms with Crippen LogP contribution < -0.4 is 0 Å². The number of carbonyl (C=O) groups is 2. The van der Waals surface area contributed by atoms with Gasteiger partial charge in [0.25, 0.3) is 0 Å². The number of hydrogen-bond acceptors (Lipinski definition) is 5. The average Bonchev–Trinajstić information content (AvgIpc) is 3.39. The van der Waals surface area contributed by atoms with Gasteiger partial charge in [-0.05, 0) is 19.4 Å². The molecule has 0 aliphatic carbocycles. The average molecular weight is 421 g/mol. The van der Waals surface area contributed by atoms with Crippen molar-refractivity contribution in [1.29, 1.82) is 0 Å². The highest BCUT2D eigenvalue weighted by atomic mass is 32.1. The third kappa shape index (κ3) is 4.44. The van der Waals surface area contributed by atoms with Gasteiger partial charge in [-0.15, -0.1) is 11.3 Å². The van der Waals surface area contributed by atoms with Crippen LogP contribution in [-0.4, -0.2) is 28.3 Å². The summed E-state index contributed by atoms with van der Waals surface area (Å²) in [4.78, 5) is 31.4. The molecule has 0 radical (unpaired) electrons. The Morgan fingerprint density at radius 3 is 2.67 bits per heavy atom. The molecule has 30 heavy (non-hydrogen) atoms. The Morgan fingerprint density at radius 2 is 1.93 bits per heavy atom. The number of esters is 1. The summed E-state index contributed by atoms with van der Waals surface area (Å²) in [7, 11) is 0. The molecule has 1 saturated heterocycles. The van der Waals surface area contributed by atoms with Gasteiger partial charge in [0, 0.05) is 23.9 Å². The first-order chi connectivity index (χ1) is 14.5. The number of thiazole rings is 1. The zero-order chi connectivity index (χ0) is 21.1. The molecule has 0 spiro atoms. The van der Waals surface area contributed by atoms with Crippen LogP contribution in [0.2, 0.25) is 0 Å². The summed E-state index contributed by atoms with van der Waals surface area (Å²) < 4.78 is 5.49. The van der Waals surface area contributed by atoms with Crippen LogP contribution in [0.25, 0.3) is 10.6 Å². The van der Waals surface area contributed by atoms with Crippen molar-refractivity contribution in [1.82, 2.24) is 9.88 Å². The van der Waals surface area contributed by atoms with Crippen molar-refractivity contribution in [3.8, 4) is 10.6 Å². The molecule has 5 nitrogen and oxygen atoms in total. The lowest BCUT2D eigenvalue weighted by molar-refractivity contribution is -0.149. The van der Waals surface area contributed by atoms with E-state index in [0.29, 0.717) is 6.54 Å². The third-order valence-electron chi connectivity index (χ3n) is 5.45. The molecule has 2 atom stereocenters. The topological polar surface area (TPSA) is 59.5 Å². The number of likely N-dealkylation sites (tertiary alicyclic amines) is 1. The lowest BCUT2D eigenvalue weighted by atomic mass is 10.1. The van der Waals surface area contributed by atoms with E-state index in [-0.39, 0.29) is 30.9 Å². The fourth-order valence-corrected chi connectivity index (χ4v) is 4.45. The number of benzene rings is 2. The lowest BCUT2D eigenvalue weighted by Crippen LogP contribution is -2.29. The van der Waals surface area contributed by atoms with Crippen LogP contribution in [0, 0.1) is 12.8 Å². The van der Waals surface area contributed by atoms with Crippen LogP contribution in [0.3, 0.4) is 0 Å². The number of carbonyl (C=O) groups excluding carboxylic acids is 2. The van der Waals surface area contributed by atoms with Gasteiger partial charge in [0.05, 0.1) is 17.7 Å². The minimum Gasteiger partial charge on any atom is -0.459 e. The van der Waals surface area contributed by atoms with Gasteiger partial charge in [0.15, 0.2) is 0 Å². The van der Waals surface area contributed by atoms with Gasteiger partial charge < -0.3 is 9.64 Å². The molecule has 6 heteroatoms.